The summed E-state index contributed by atoms with van der Waals surface area (Å²) in [7, 11) is 3.37. The van der Waals surface area contributed by atoms with Crippen molar-refractivity contribution in [3.63, 3.8) is 0 Å². The molecule has 2 nitrogen and oxygen atoms in total. The predicted octanol–water partition coefficient (Wildman–Crippen LogP) is 5.35. The second kappa shape index (κ2) is 6.57. The zero-order chi connectivity index (χ0) is 16.2. The Bertz CT molecular complexity index is 787. The van der Waals surface area contributed by atoms with Gasteiger partial charge in [0.25, 0.3) is 0 Å². The molecule has 0 bridgehead atoms. The third kappa shape index (κ3) is 3.21. The highest BCUT2D eigenvalue weighted by Crippen LogP contribution is 2.29. The molecule has 0 aliphatic carbocycles. The van der Waals surface area contributed by atoms with Gasteiger partial charge < -0.3 is 9.47 Å². The van der Waals surface area contributed by atoms with E-state index in [2.05, 4.69) is 55.5 Å². The maximum absolute atomic E-state index is 5.27. The summed E-state index contributed by atoms with van der Waals surface area (Å²) in [6.45, 7) is 2.11. The summed E-state index contributed by atoms with van der Waals surface area (Å²) in [4.78, 5) is 0. The number of rotatable bonds is 4. The van der Waals surface area contributed by atoms with Gasteiger partial charge in [0.2, 0.25) is 0 Å². The maximum atomic E-state index is 5.27. The maximum Gasteiger partial charge on any atom is 0.119 e. The van der Waals surface area contributed by atoms with E-state index in [1.165, 1.54) is 27.8 Å². The van der Waals surface area contributed by atoms with Crippen LogP contribution in [0.4, 0.5) is 0 Å². The number of methoxy groups -OCH3 is 2. The molecule has 0 heterocycles. The zero-order valence-electron chi connectivity index (χ0n) is 13.7. The van der Waals surface area contributed by atoms with E-state index in [0.717, 1.165) is 11.5 Å². The van der Waals surface area contributed by atoms with Crippen LogP contribution in [-0.4, -0.2) is 14.2 Å². The minimum Gasteiger partial charge on any atom is -0.497 e. The zero-order valence-corrected chi connectivity index (χ0v) is 13.7. The van der Waals surface area contributed by atoms with Crippen LogP contribution in [0.25, 0.3) is 22.3 Å². The van der Waals surface area contributed by atoms with Crippen molar-refractivity contribution >= 4 is 0 Å². The summed E-state index contributed by atoms with van der Waals surface area (Å²) >= 11 is 0. The lowest BCUT2D eigenvalue weighted by Crippen LogP contribution is -1.87. The van der Waals surface area contributed by atoms with E-state index in [1.54, 1.807) is 14.2 Å². The molecule has 0 saturated heterocycles. The van der Waals surface area contributed by atoms with Crippen molar-refractivity contribution in [1.29, 1.82) is 0 Å². The van der Waals surface area contributed by atoms with Gasteiger partial charge >= 0.3 is 0 Å². The minimum atomic E-state index is 0.874. The van der Waals surface area contributed by atoms with Crippen LogP contribution in [0.15, 0.2) is 66.7 Å². The first-order chi connectivity index (χ1) is 11.2. The molecule has 0 aromatic heterocycles. The van der Waals surface area contributed by atoms with Crippen LogP contribution in [0, 0.1) is 6.92 Å². The highest BCUT2D eigenvalue weighted by Gasteiger charge is 2.04. The Balaban J connectivity index is 1.89. The van der Waals surface area contributed by atoms with Gasteiger partial charge in [0.05, 0.1) is 14.2 Å². The van der Waals surface area contributed by atoms with Crippen LogP contribution in [0.5, 0.6) is 11.5 Å². The molecule has 3 aromatic rings. The quantitative estimate of drug-likeness (QED) is 0.647. The van der Waals surface area contributed by atoms with E-state index in [4.69, 9.17) is 9.47 Å². The predicted molar refractivity (Wildman–Crippen MR) is 95.2 cm³/mol. The monoisotopic (exact) mass is 304 g/mol. The van der Waals surface area contributed by atoms with E-state index in [1.807, 2.05) is 18.2 Å². The van der Waals surface area contributed by atoms with E-state index in [9.17, 15) is 0 Å². The molecule has 0 aliphatic heterocycles. The molecule has 0 saturated carbocycles. The standard InChI is InChI=1S/C21H20O2/c1-15-14-20(23-3)12-13-21(15)18-6-4-16(5-7-18)17-8-10-19(22-2)11-9-17/h4-14H,1-3H3. The lowest BCUT2D eigenvalue weighted by Gasteiger charge is -2.10. The first-order valence-electron chi connectivity index (χ1n) is 7.61. The SMILES string of the molecule is COc1ccc(-c2ccc(-c3ccc(OC)cc3C)cc2)cc1. The van der Waals surface area contributed by atoms with E-state index in [0.29, 0.717) is 0 Å². The lowest BCUT2D eigenvalue weighted by molar-refractivity contribution is 0.414. The van der Waals surface area contributed by atoms with E-state index in [-0.39, 0.29) is 0 Å². The first-order valence-corrected chi connectivity index (χ1v) is 7.61. The normalized spacial score (nSPS) is 10.4. The molecule has 2 heteroatoms. The summed E-state index contributed by atoms with van der Waals surface area (Å²) in [5.41, 5.74) is 6.03. The van der Waals surface area contributed by atoms with Gasteiger partial charge in [-0.25, -0.2) is 0 Å². The number of hydrogen-bond acceptors (Lipinski definition) is 2. The van der Waals surface area contributed by atoms with Gasteiger partial charge in [0, 0.05) is 0 Å². The fourth-order valence-corrected chi connectivity index (χ4v) is 2.71. The molecule has 0 unspecified atom stereocenters. The highest BCUT2D eigenvalue weighted by atomic mass is 16.5. The highest BCUT2D eigenvalue weighted by molar-refractivity contribution is 5.72. The molecule has 3 aromatic carbocycles. The van der Waals surface area contributed by atoms with Gasteiger partial charge in [-0.05, 0) is 59.0 Å². The summed E-state index contributed by atoms with van der Waals surface area (Å²) in [6.07, 6.45) is 0. The van der Waals surface area contributed by atoms with Crippen molar-refractivity contribution in [2.75, 3.05) is 14.2 Å². The molecular weight excluding hydrogens is 284 g/mol. The number of ether oxygens (including phenoxy) is 2. The summed E-state index contributed by atoms with van der Waals surface area (Å²) in [5.74, 6) is 1.76. The van der Waals surface area contributed by atoms with Gasteiger partial charge in [-0.3, -0.25) is 0 Å². The molecule has 0 radical (unpaired) electrons. The van der Waals surface area contributed by atoms with Gasteiger partial charge in [0.15, 0.2) is 0 Å². The Morgan fingerprint density at radius 1 is 0.565 bits per heavy atom. The van der Waals surface area contributed by atoms with Gasteiger partial charge in [-0.1, -0.05) is 42.5 Å². The van der Waals surface area contributed by atoms with Crippen molar-refractivity contribution < 1.29 is 9.47 Å². The van der Waals surface area contributed by atoms with Crippen molar-refractivity contribution in [3.05, 3.63) is 72.3 Å². The number of aryl methyl sites for hydroxylation is 1. The Morgan fingerprint density at radius 3 is 1.57 bits per heavy atom. The van der Waals surface area contributed by atoms with Gasteiger partial charge in [0.1, 0.15) is 11.5 Å². The largest absolute Gasteiger partial charge is 0.497 e. The molecule has 0 fully saturated rings. The molecule has 0 atom stereocenters. The van der Waals surface area contributed by atoms with Crippen LogP contribution in [0.1, 0.15) is 5.56 Å². The second-order valence-electron chi connectivity index (χ2n) is 5.49. The Labute approximate surface area is 137 Å². The second-order valence-corrected chi connectivity index (χ2v) is 5.49. The Morgan fingerprint density at radius 2 is 1.04 bits per heavy atom. The summed E-state index contributed by atoms with van der Waals surface area (Å²) in [5, 5.41) is 0. The van der Waals surface area contributed by atoms with Gasteiger partial charge in [-0.2, -0.15) is 0 Å². The van der Waals surface area contributed by atoms with Crippen molar-refractivity contribution in [1.82, 2.24) is 0 Å². The lowest BCUT2D eigenvalue weighted by atomic mass is 9.97. The summed E-state index contributed by atoms with van der Waals surface area (Å²) < 4.78 is 10.5. The van der Waals surface area contributed by atoms with Crippen LogP contribution >= 0.6 is 0 Å². The van der Waals surface area contributed by atoms with Crippen LogP contribution in [0.2, 0.25) is 0 Å². The third-order valence-corrected chi connectivity index (χ3v) is 4.05. The topological polar surface area (TPSA) is 18.5 Å². The fourth-order valence-electron chi connectivity index (χ4n) is 2.71. The van der Waals surface area contributed by atoms with Crippen LogP contribution < -0.4 is 9.47 Å². The summed E-state index contributed by atoms with van der Waals surface area (Å²) in [6, 6.07) is 22.9. The molecule has 23 heavy (non-hydrogen) atoms. The molecule has 0 aliphatic rings. The average Bonchev–Trinajstić information content (AvgIpc) is 2.62. The third-order valence-electron chi connectivity index (χ3n) is 4.05. The molecule has 116 valence electrons. The molecule has 3 rings (SSSR count). The van der Waals surface area contributed by atoms with Crippen molar-refractivity contribution in [2.45, 2.75) is 6.92 Å². The molecular formula is C21H20O2. The van der Waals surface area contributed by atoms with Crippen molar-refractivity contribution in [3.8, 4) is 33.8 Å². The average molecular weight is 304 g/mol. The minimum absolute atomic E-state index is 0.874. The molecule has 0 spiro atoms. The Kier molecular flexibility index (Phi) is 4.33. The fraction of sp³-hybridized carbons (Fsp3) is 0.143. The van der Waals surface area contributed by atoms with E-state index < -0.39 is 0 Å². The Hall–Kier alpha value is -2.74. The van der Waals surface area contributed by atoms with Crippen LogP contribution in [-0.2, 0) is 0 Å². The molecule has 0 amide bonds. The first kappa shape index (κ1) is 15.2. The van der Waals surface area contributed by atoms with Crippen molar-refractivity contribution in [2.24, 2.45) is 0 Å². The number of benzene rings is 3. The van der Waals surface area contributed by atoms with Gasteiger partial charge in [-0.15, -0.1) is 0 Å². The number of hydrogen-bond donors (Lipinski definition) is 0. The van der Waals surface area contributed by atoms with E-state index >= 15 is 0 Å². The smallest absolute Gasteiger partial charge is 0.119 e. The molecule has 0 N–H and O–H groups in total. The van der Waals surface area contributed by atoms with Crippen LogP contribution in [0.3, 0.4) is 0 Å².